The molecular formula is C23H33FN4O4. The SMILES string of the molecule is C[C@H]1C(=O)N([C@H](CO)CCN2CCC3(CC3)[C@H](O)C2)CCN1C(=O)Nc1cccc(F)c1. The number of amides is 3. The van der Waals surface area contributed by atoms with Gasteiger partial charge in [0.05, 0.1) is 18.8 Å². The fourth-order valence-electron chi connectivity index (χ4n) is 5.00. The van der Waals surface area contributed by atoms with Gasteiger partial charge in [0.25, 0.3) is 0 Å². The predicted octanol–water partition coefficient (Wildman–Crippen LogP) is 1.49. The second kappa shape index (κ2) is 9.33. The second-order valence-corrected chi connectivity index (χ2v) is 9.40. The van der Waals surface area contributed by atoms with E-state index in [2.05, 4.69) is 10.2 Å². The zero-order valence-electron chi connectivity index (χ0n) is 18.5. The predicted molar refractivity (Wildman–Crippen MR) is 118 cm³/mol. The number of anilines is 1. The number of aliphatic hydroxyl groups excluding tert-OH is 2. The van der Waals surface area contributed by atoms with Crippen LogP contribution in [0, 0.1) is 11.2 Å². The van der Waals surface area contributed by atoms with Crippen molar-refractivity contribution in [3.05, 3.63) is 30.1 Å². The zero-order chi connectivity index (χ0) is 22.9. The molecule has 3 fully saturated rings. The van der Waals surface area contributed by atoms with Gasteiger partial charge in [-0.1, -0.05) is 6.07 Å². The Labute approximate surface area is 188 Å². The molecule has 0 unspecified atom stereocenters. The summed E-state index contributed by atoms with van der Waals surface area (Å²) in [6, 6.07) is 4.16. The van der Waals surface area contributed by atoms with Crippen molar-refractivity contribution >= 4 is 17.6 Å². The third-order valence-electron chi connectivity index (χ3n) is 7.41. The zero-order valence-corrected chi connectivity index (χ0v) is 18.5. The summed E-state index contributed by atoms with van der Waals surface area (Å²) in [6.07, 6.45) is 3.57. The summed E-state index contributed by atoms with van der Waals surface area (Å²) in [7, 11) is 0. The number of hydrogen-bond donors (Lipinski definition) is 3. The van der Waals surface area contributed by atoms with Crippen molar-refractivity contribution in [2.75, 3.05) is 44.6 Å². The maximum atomic E-state index is 13.4. The van der Waals surface area contributed by atoms with E-state index in [1.165, 1.54) is 23.1 Å². The molecule has 9 heteroatoms. The van der Waals surface area contributed by atoms with Crippen LogP contribution in [0.4, 0.5) is 14.9 Å². The summed E-state index contributed by atoms with van der Waals surface area (Å²) in [5.41, 5.74) is 0.489. The van der Waals surface area contributed by atoms with Gasteiger partial charge in [-0.3, -0.25) is 4.79 Å². The van der Waals surface area contributed by atoms with Gasteiger partial charge in [0.2, 0.25) is 5.91 Å². The normalized spacial score (nSPS) is 26.3. The molecule has 1 aliphatic carbocycles. The Morgan fingerprint density at radius 3 is 2.72 bits per heavy atom. The maximum absolute atomic E-state index is 13.4. The molecule has 1 saturated carbocycles. The lowest BCUT2D eigenvalue weighted by Gasteiger charge is -2.43. The molecule has 0 aromatic heterocycles. The molecule has 3 aliphatic rings. The Bertz CT molecular complexity index is 849. The third-order valence-corrected chi connectivity index (χ3v) is 7.41. The van der Waals surface area contributed by atoms with E-state index in [1.54, 1.807) is 17.9 Å². The third kappa shape index (κ3) is 4.74. The average molecular weight is 449 g/mol. The Hall–Kier alpha value is -2.23. The number of urea groups is 1. The Balaban J connectivity index is 1.30. The molecule has 176 valence electrons. The van der Waals surface area contributed by atoms with Gasteiger partial charge in [-0.2, -0.15) is 0 Å². The minimum absolute atomic E-state index is 0.145. The number of nitrogens with zero attached hydrogens (tertiary/aromatic N) is 3. The number of piperazine rings is 1. The van der Waals surface area contributed by atoms with Crippen LogP contribution in [0.2, 0.25) is 0 Å². The Morgan fingerprint density at radius 1 is 1.28 bits per heavy atom. The van der Waals surface area contributed by atoms with Gasteiger partial charge in [0.1, 0.15) is 11.9 Å². The minimum atomic E-state index is -0.683. The highest BCUT2D eigenvalue weighted by Gasteiger charge is 2.51. The number of carbonyl (C=O) groups is 2. The largest absolute Gasteiger partial charge is 0.394 e. The van der Waals surface area contributed by atoms with Gasteiger partial charge >= 0.3 is 6.03 Å². The molecule has 3 N–H and O–H groups in total. The van der Waals surface area contributed by atoms with E-state index in [0.29, 0.717) is 38.3 Å². The molecule has 8 nitrogen and oxygen atoms in total. The van der Waals surface area contributed by atoms with Crippen LogP contribution < -0.4 is 5.32 Å². The molecule has 3 amide bonds. The van der Waals surface area contributed by atoms with Crippen molar-refractivity contribution in [3.8, 4) is 0 Å². The lowest BCUT2D eigenvalue weighted by atomic mass is 9.90. The Kier molecular flexibility index (Phi) is 6.69. The molecule has 0 bridgehead atoms. The van der Waals surface area contributed by atoms with Crippen molar-refractivity contribution in [2.45, 2.75) is 50.8 Å². The highest BCUT2D eigenvalue weighted by Crippen LogP contribution is 2.53. The standard InChI is InChI=1S/C23H33FN4O4/c1-16-21(31)28(12-11-27(16)22(32)25-18-4-2-3-17(24)13-18)19(15-29)5-9-26-10-8-23(6-7-23)20(30)14-26/h2-4,13,16,19-20,29-30H,5-12,14-15H2,1H3,(H,25,32)/t16-,19-,20+/m0/s1. The number of hydrogen-bond acceptors (Lipinski definition) is 5. The first-order valence-corrected chi connectivity index (χ1v) is 11.5. The number of halogens is 1. The fourth-order valence-corrected chi connectivity index (χ4v) is 5.00. The number of nitrogens with one attached hydrogen (secondary N) is 1. The topological polar surface area (TPSA) is 96.3 Å². The number of β-amino-alcohol motifs (C(OH)–C–C–N with tert-alkyl or cyclic N) is 1. The first-order valence-electron chi connectivity index (χ1n) is 11.5. The maximum Gasteiger partial charge on any atom is 0.322 e. The van der Waals surface area contributed by atoms with Crippen LogP contribution in [0.25, 0.3) is 0 Å². The summed E-state index contributed by atoms with van der Waals surface area (Å²) in [6.45, 7) is 4.48. The molecule has 0 radical (unpaired) electrons. The molecule has 2 heterocycles. The molecule has 1 aromatic carbocycles. The summed E-state index contributed by atoms with van der Waals surface area (Å²) >= 11 is 0. The highest BCUT2D eigenvalue weighted by molar-refractivity contribution is 5.94. The lowest BCUT2D eigenvalue weighted by Crippen LogP contribution is -2.61. The molecule has 1 spiro atoms. The average Bonchev–Trinajstić information content (AvgIpc) is 3.55. The smallest absolute Gasteiger partial charge is 0.322 e. The molecule has 3 atom stereocenters. The van der Waals surface area contributed by atoms with Crippen molar-refractivity contribution in [1.82, 2.24) is 14.7 Å². The van der Waals surface area contributed by atoms with Crippen molar-refractivity contribution < 1.29 is 24.2 Å². The van der Waals surface area contributed by atoms with Crippen LogP contribution in [-0.2, 0) is 4.79 Å². The van der Waals surface area contributed by atoms with Crippen molar-refractivity contribution in [3.63, 3.8) is 0 Å². The summed E-state index contributed by atoms with van der Waals surface area (Å²) in [5.74, 6) is -0.656. The van der Waals surface area contributed by atoms with Gasteiger partial charge in [-0.05, 0) is 62.8 Å². The summed E-state index contributed by atoms with van der Waals surface area (Å²) < 4.78 is 13.4. The van der Waals surface area contributed by atoms with Crippen molar-refractivity contribution in [1.29, 1.82) is 0 Å². The molecule has 2 aliphatic heterocycles. The van der Waals surface area contributed by atoms with Gasteiger partial charge in [-0.15, -0.1) is 0 Å². The number of rotatable bonds is 6. The van der Waals surface area contributed by atoms with E-state index < -0.39 is 17.9 Å². The molecule has 4 rings (SSSR count). The van der Waals surface area contributed by atoms with Crippen LogP contribution in [0.15, 0.2) is 24.3 Å². The lowest BCUT2D eigenvalue weighted by molar-refractivity contribution is -0.143. The molecular weight excluding hydrogens is 415 g/mol. The summed E-state index contributed by atoms with van der Waals surface area (Å²) in [4.78, 5) is 31.0. The van der Waals surface area contributed by atoms with E-state index in [9.17, 15) is 24.2 Å². The monoisotopic (exact) mass is 448 g/mol. The molecule has 1 aromatic rings. The number of benzene rings is 1. The number of carbonyl (C=O) groups excluding carboxylic acids is 2. The summed E-state index contributed by atoms with van der Waals surface area (Å²) in [5, 5.41) is 23.0. The van der Waals surface area contributed by atoms with E-state index in [4.69, 9.17) is 0 Å². The second-order valence-electron chi connectivity index (χ2n) is 9.40. The number of aliphatic hydroxyl groups is 2. The van der Waals surface area contributed by atoms with Crippen LogP contribution in [0.3, 0.4) is 0 Å². The Morgan fingerprint density at radius 2 is 2.06 bits per heavy atom. The van der Waals surface area contributed by atoms with E-state index >= 15 is 0 Å². The quantitative estimate of drug-likeness (QED) is 0.613. The minimum Gasteiger partial charge on any atom is -0.394 e. The van der Waals surface area contributed by atoms with E-state index in [0.717, 1.165) is 25.8 Å². The first-order chi connectivity index (χ1) is 15.3. The van der Waals surface area contributed by atoms with Crippen LogP contribution in [-0.4, -0.2) is 94.4 Å². The van der Waals surface area contributed by atoms with Crippen LogP contribution in [0.5, 0.6) is 0 Å². The van der Waals surface area contributed by atoms with Gasteiger partial charge < -0.3 is 30.2 Å². The highest BCUT2D eigenvalue weighted by atomic mass is 19.1. The number of piperidine rings is 1. The van der Waals surface area contributed by atoms with E-state index in [1.807, 2.05) is 0 Å². The van der Waals surface area contributed by atoms with Crippen LogP contribution in [0.1, 0.15) is 32.6 Å². The van der Waals surface area contributed by atoms with Crippen LogP contribution >= 0.6 is 0 Å². The first kappa shape index (κ1) is 22.9. The molecule has 2 saturated heterocycles. The van der Waals surface area contributed by atoms with E-state index in [-0.39, 0.29) is 30.1 Å². The van der Waals surface area contributed by atoms with Crippen molar-refractivity contribution in [2.24, 2.45) is 5.41 Å². The van der Waals surface area contributed by atoms with Gasteiger partial charge in [0.15, 0.2) is 0 Å². The van der Waals surface area contributed by atoms with Gasteiger partial charge in [-0.25, -0.2) is 9.18 Å². The fraction of sp³-hybridized carbons (Fsp3) is 0.652. The van der Waals surface area contributed by atoms with Gasteiger partial charge in [0, 0.05) is 31.9 Å². The molecule has 32 heavy (non-hydrogen) atoms. The number of likely N-dealkylation sites (tertiary alicyclic amines) is 1.